The van der Waals surface area contributed by atoms with E-state index in [0.29, 0.717) is 25.0 Å². The van der Waals surface area contributed by atoms with Gasteiger partial charge < -0.3 is 5.32 Å². The normalized spacial score (nSPS) is 10.0. The van der Waals surface area contributed by atoms with E-state index in [1.165, 1.54) is 6.33 Å². The maximum absolute atomic E-state index is 6.21. The van der Waals surface area contributed by atoms with Gasteiger partial charge in [-0.15, -0.1) is 18.8 Å². The zero-order chi connectivity index (χ0) is 17.4. The van der Waals surface area contributed by atoms with Crippen molar-refractivity contribution in [2.24, 2.45) is 0 Å². The summed E-state index contributed by atoms with van der Waals surface area (Å²) < 4.78 is 0. The van der Waals surface area contributed by atoms with Crippen molar-refractivity contribution in [1.29, 1.82) is 0 Å². The number of halogens is 2. The van der Waals surface area contributed by atoms with Crippen molar-refractivity contribution in [3.63, 3.8) is 0 Å². The molecule has 0 atom stereocenters. The van der Waals surface area contributed by atoms with E-state index in [-0.39, 0.29) is 12.4 Å². The van der Waals surface area contributed by atoms with Gasteiger partial charge in [0, 0.05) is 18.1 Å². The molecule has 0 saturated heterocycles. The zero-order valence-corrected chi connectivity index (χ0v) is 15.9. The predicted molar refractivity (Wildman–Crippen MR) is 105 cm³/mol. The van der Waals surface area contributed by atoms with Crippen LogP contribution in [0, 0.1) is 19.3 Å². The third-order valence-electron chi connectivity index (χ3n) is 3.41. The molecule has 1 aromatic carbocycles. The maximum Gasteiger partial charge on any atom is 0.242 e. The van der Waals surface area contributed by atoms with Gasteiger partial charge in [-0.3, -0.25) is 5.43 Å². The van der Waals surface area contributed by atoms with Crippen LogP contribution < -0.4 is 10.7 Å². The number of nitrogens with zero attached hydrogens (tertiary/aromatic N) is 4. The first-order valence-corrected chi connectivity index (χ1v) is 8.13. The van der Waals surface area contributed by atoms with E-state index >= 15 is 0 Å². The van der Waals surface area contributed by atoms with Gasteiger partial charge in [0.15, 0.2) is 0 Å². The second-order valence-corrected chi connectivity index (χ2v) is 5.65. The number of hydrazine groups is 1. The van der Waals surface area contributed by atoms with Crippen LogP contribution >= 0.6 is 24.0 Å². The Bertz CT molecular complexity index is 717. The highest BCUT2D eigenvalue weighted by Crippen LogP contribution is 2.20. The van der Waals surface area contributed by atoms with E-state index < -0.39 is 0 Å². The van der Waals surface area contributed by atoms with Crippen molar-refractivity contribution < 1.29 is 0 Å². The molecule has 8 heteroatoms. The molecule has 134 valence electrons. The lowest BCUT2D eigenvalue weighted by atomic mass is 10.1. The number of benzene rings is 1. The molecule has 0 fully saturated rings. The minimum absolute atomic E-state index is 0. The molecule has 25 heavy (non-hydrogen) atoms. The number of hydrogen-bond acceptors (Lipinski definition) is 6. The fourth-order valence-electron chi connectivity index (χ4n) is 2.18. The Kier molecular flexibility index (Phi) is 9.00. The average molecular weight is 381 g/mol. The van der Waals surface area contributed by atoms with Crippen LogP contribution in [0.2, 0.25) is 5.02 Å². The highest BCUT2D eigenvalue weighted by Gasteiger charge is 2.10. The molecule has 2 N–H and O–H groups in total. The Morgan fingerprint density at radius 3 is 2.76 bits per heavy atom. The smallest absolute Gasteiger partial charge is 0.242 e. The van der Waals surface area contributed by atoms with Gasteiger partial charge in [0.1, 0.15) is 6.33 Å². The zero-order valence-electron chi connectivity index (χ0n) is 14.3. The van der Waals surface area contributed by atoms with Crippen molar-refractivity contribution in [1.82, 2.24) is 20.0 Å². The van der Waals surface area contributed by atoms with Crippen LogP contribution in [0.5, 0.6) is 0 Å². The van der Waals surface area contributed by atoms with E-state index in [4.69, 9.17) is 18.0 Å². The molecule has 0 saturated carbocycles. The van der Waals surface area contributed by atoms with Gasteiger partial charge in [-0.25, -0.2) is 15.0 Å². The van der Waals surface area contributed by atoms with Crippen molar-refractivity contribution in [2.45, 2.75) is 26.8 Å². The number of hydrogen-bond donors (Lipinski definition) is 2. The van der Waals surface area contributed by atoms with Gasteiger partial charge in [0.2, 0.25) is 11.9 Å². The molecule has 0 amide bonds. The quantitative estimate of drug-likeness (QED) is 0.539. The third-order valence-corrected chi connectivity index (χ3v) is 3.82. The summed E-state index contributed by atoms with van der Waals surface area (Å²) >= 11 is 6.21. The summed E-state index contributed by atoms with van der Waals surface area (Å²) in [6, 6.07) is 5.92. The Morgan fingerprint density at radius 2 is 2.04 bits per heavy atom. The Morgan fingerprint density at radius 1 is 1.28 bits per heavy atom. The molecule has 2 rings (SSSR count). The van der Waals surface area contributed by atoms with Crippen LogP contribution in [0.25, 0.3) is 0 Å². The summed E-state index contributed by atoms with van der Waals surface area (Å²) in [5.74, 6) is 3.40. The molecule has 0 aliphatic rings. The Hall–Kier alpha value is -2.07. The van der Waals surface area contributed by atoms with E-state index in [1.54, 1.807) is 0 Å². The summed E-state index contributed by atoms with van der Waals surface area (Å²) in [6.45, 7) is 6.03. The summed E-state index contributed by atoms with van der Waals surface area (Å²) in [6.07, 6.45) is 7.66. The second-order valence-electron chi connectivity index (χ2n) is 5.25. The first kappa shape index (κ1) is 21.0. The molecule has 0 aliphatic carbocycles. The summed E-state index contributed by atoms with van der Waals surface area (Å²) in [7, 11) is 0. The topological polar surface area (TPSA) is 66.0 Å². The highest BCUT2D eigenvalue weighted by molar-refractivity contribution is 6.31. The lowest BCUT2D eigenvalue weighted by Crippen LogP contribution is -2.31. The van der Waals surface area contributed by atoms with Crippen LogP contribution in [0.1, 0.15) is 24.5 Å². The molecule has 6 nitrogen and oxygen atoms in total. The molecule has 1 heterocycles. The number of rotatable bonds is 8. The lowest BCUT2D eigenvalue weighted by molar-refractivity contribution is 0.318. The second kappa shape index (κ2) is 10.7. The molecular weight excluding hydrogens is 359 g/mol. The van der Waals surface area contributed by atoms with Crippen LogP contribution in [0.3, 0.4) is 0 Å². The number of aromatic nitrogens is 3. The van der Waals surface area contributed by atoms with Crippen molar-refractivity contribution >= 4 is 35.9 Å². The number of terminal acetylenes is 1. The number of nitrogens with one attached hydrogen (secondary N) is 2. The van der Waals surface area contributed by atoms with E-state index in [1.807, 2.05) is 19.1 Å². The SMILES string of the molecule is C#CCNc1ncnc(NN(CCC)Cc2cccc(Cl)c2C)n1.Cl. The van der Waals surface area contributed by atoms with Crippen molar-refractivity contribution in [3.8, 4) is 12.3 Å². The van der Waals surface area contributed by atoms with Gasteiger partial charge >= 0.3 is 0 Å². The first-order valence-electron chi connectivity index (χ1n) is 7.76. The van der Waals surface area contributed by atoms with Crippen LogP contribution in [-0.2, 0) is 6.54 Å². The van der Waals surface area contributed by atoms with Gasteiger partial charge in [0.05, 0.1) is 6.54 Å². The molecule has 0 bridgehead atoms. The summed E-state index contributed by atoms with van der Waals surface area (Å²) in [5.41, 5.74) is 5.46. The molecule has 2 aromatic rings. The lowest BCUT2D eigenvalue weighted by Gasteiger charge is -2.23. The molecule has 0 aliphatic heterocycles. The molecule has 1 aromatic heterocycles. The van der Waals surface area contributed by atoms with Crippen LogP contribution in [-0.4, -0.2) is 33.1 Å². The Balaban J connectivity index is 0.00000312. The van der Waals surface area contributed by atoms with E-state index in [2.05, 4.69) is 49.6 Å². The molecule has 0 spiro atoms. The summed E-state index contributed by atoms with van der Waals surface area (Å²) in [4.78, 5) is 12.5. The monoisotopic (exact) mass is 380 g/mol. The maximum atomic E-state index is 6.21. The fraction of sp³-hybridized carbons (Fsp3) is 0.353. The Labute approximate surface area is 159 Å². The average Bonchev–Trinajstić information content (AvgIpc) is 2.58. The van der Waals surface area contributed by atoms with Crippen LogP contribution in [0.4, 0.5) is 11.9 Å². The largest absolute Gasteiger partial charge is 0.343 e. The van der Waals surface area contributed by atoms with E-state index in [9.17, 15) is 0 Å². The molecule has 0 radical (unpaired) electrons. The van der Waals surface area contributed by atoms with Crippen molar-refractivity contribution in [2.75, 3.05) is 23.8 Å². The van der Waals surface area contributed by atoms with Crippen molar-refractivity contribution in [3.05, 3.63) is 40.7 Å². The minimum atomic E-state index is 0. The molecular formula is C17H22Cl2N6. The third kappa shape index (κ3) is 6.39. The minimum Gasteiger partial charge on any atom is -0.343 e. The van der Waals surface area contributed by atoms with Crippen LogP contribution in [0.15, 0.2) is 24.5 Å². The standard InChI is InChI=1S/C17H21ClN6.ClH/c1-4-9-19-16-20-12-21-17(22-16)23-24(10-5-2)11-14-7-6-8-15(18)13(14)3;/h1,6-8,12H,5,9-11H2,2-3H3,(H2,19,20,21,22,23);1H. The highest BCUT2D eigenvalue weighted by atomic mass is 35.5. The van der Waals surface area contributed by atoms with Gasteiger partial charge in [-0.1, -0.05) is 36.6 Å². The predicted octanol–water partition coefficient (Wildman–Crippen LogP) is 3.54. The van der Waals surface area contributed by atoms with Gasteiger partial charge in [-0.05, 0) is 30.5 Å². The summed E-state index contributed by atoms with van der Waals surface area (Å²) in [5, 5.41) is 5.75. The molecule has 0 unspecified atom stereocenters. The van der Waals surface area contributed by atoms with Gasteiger partial charge in [0.25, 0.3) is 0 Å². The first-order chi connectivity index (χ1) is 11.6. The fourth-order valence-corrected chi connectivity index (χ4v) is 2.37. The number of anilines is 2. The van der Waals surface area contributed by atoms with E-state index in [0.717, 1.165) is 29.1 Å². The van der Waals surface area contributed by atoms with Gasteiger partial charge in [-0.2, -0.15) is 4.98 Å².